The van der Waals surface area contributed by atoms with Crippen LogP contribution in [0.2, 0.25) is 0 Å². The van der Waals surface area contributed by atoms with Gasteiger partial charge in [0.1, 0.15) is 5.01 Å². The Hall–Kier alpha value is -4.08. The van der Waals surface area contributed by atoms with Crippen molar-refractivity contribution in [3.63, 3.8) is 0 Å². The molecule has 0 radical (unpaired) electrons. The summed E-state index contributed by atoms with van der Waals surface area (Å²) in [6.45, 7) is 10.8. The average molecular weight is 600 g/mol. The number of benzene rings is 2. The largest absolute Gasteiger partial charge is 0.389 e. The van der Waals surface area contributed by atoms with E-state index in [1.54, 1.807) is 24.3 Å². The summed E-state index contributed by atoms with van der Waals surface area (Å²) in [6, 6.07) is 18.0. The second-order valence-corrected chi connectivity index (χ2v) is 12.2. The minimum atomic E-state index is -0.884. The first-order valence-electron chi connectivity index (χ1n) is 14.5. The summed E-state index contributed by atoms with van der Waals surface area (Å²) in [7, 11) is 1.93. The first-order chi connectivity index (χ1) is 20.5. The van der Waals surface area contributed by atoms with E-state index in [2.05, 4.69) is 35.5 Å². The number of likely N-dealkylation sites (N-methyl/N-ethyl adjacent to an activating group) is 1. The number of aryl methyl sites for hydroxylation is 3. The van der Waals surface area contributed by atoms with Gasteiger partial charge in [-0.2, -0.15) is 0 Å². The lowest BCUT2D eigenvalue weighted by Crippen LogP contribution is -2.49. The average Bonchev–Trinajstić information content (AvgIpc) is 3.40. The molecule has 0 aliphatic carbocycles. The number of nitrogens with zero attached hydrogens (tertiary/aromatic N) is 3. The van der Waals surface area contributed by atoms with Crippen LogP contribution in [0, 0.1) is 20.8 Å². The summed E-state index contributed by atoms with van der Waals surface area (Å²) in [4.78, 5) is 37.4. The van der Waals surface area contributed by atoms with Gasteiger partial charge in [0.2, 0.25) is 0 Å². The number of pyridine rings is 1. The first kappa shape index (κ1) is 31.8. The number of aromatic nitrogens is 2. The number of hydrogen-bond acceptors (Lipinski definition) is 7. The van der Waals surface area contributed by atoms with Crippen molar-refractivity contribution in [3.05, 3.63) is 110 Å². The standard InChI is InChI=1S/C34H41N5O3S/c1-21(2)28-17-30(24(5)37-23(28)4)39(6)19-31(40)29(15-25-11-8-7-9-12-25)38-34(42)27-14-10-13-26(16-27)33(41)35-18-32-36-22(3)20-43-32/h7-14,16-17,20-21,29,31,40H,15,18-19H2,1-6H3,(H,35,41)(H,38,42)/t29-,31+/m0/s1. The fraction of sp³-hybridized carbons (Fsp3) is 0.353. The van der Waals surface area contributed by atoms with Crippen LogP contribution in [-0.2, 0) is 13.0 Å². The number of aliphatic hydroxyl groups excluding tert-OH is 1. The van der Waals surface area contributed by atoms with Gasteiger partial charge >= 0.3 is 0 Å². The van der Waals surface area contributed by atoms with E-state index in [9.17, 15) is 14.7 Å². The number of rotatable bonds is 12. The Morgan fingerprint density at radius 3 is 2.28 bits per heavy atom. The van der Waals surface area contributed by atoms with Crippen molar-refractivity contribution in [2.45, 2.75) is 65.6 Å². The van der Waals surface area contributed by atoms with Gasteiger partial charge in [-0.1, -0.05) is 50.2 Å². The molecule has 4 rings (SSSR count). The molecule has 0 saturated heterocycles. The van der Waals surface area contributed by atoms with Gasteiger partial charge in [0.05, 0.1) is 30.1 Å². The molecule has 0 aliphatic heterocycles. The van der Waals surface area contributed by atoms with Crippen molar-refractivity contribution in [3.8, 4) is 0 Å². The second kappa shape index (κ2) is 14.4. The highest BCUT2D eigenvalue weighted by molar-refractivity contribution is 7.09. The Labute approximate surface area is 258 Å². The van der Waals surface area contributed by atoms with E-state index < -0.39 is 12.1 Å². The number of amides is 2. The van der Waals surface area contributed by atoms with Gasteiger partial charge in [-0.3, -0.25) is 14.6 Å². The normalized spacial score (nSPS) is 12.6. The second-order valence-electron chi connectivity index (χ2n) is 11.3. The lowest BCUT2D eigenvalue weighted by molar-refractivity contribution is 0.0843. The maximum absolute atomic E-state index is 13.5. The minimum Gasteiger partial charge on any atom is -0.389 e. The number of aliphatic hydroxyl groups is 1. The highest BCUT2D eigenvalue weighted by Crippen LogP contribution is 2.26. The van der Waals surface area contributed by atoms with Gasteiger partial charge in [0, 0.05) is 41.5 Å². The van der Waals surface area contributed by atoms with E-state index in [1.807, 2.05) is 68.4 Å². The van der Waals surface area contributed by atoms with Crippen molar-refractivity contribution in [1.82, 2.24) is 20.6 Å². The summed E-state index contributed by atoms with van der Waals surface area (Å²) in [5, 5.41) is 20.2. The molecule has 2 amide bonds. The summed E-state index contributed by atoms with van der Waals surface area (Å²) < 4.78 is 0. The zero-order valence-corrected chi connectivity index (χ0v) is 26.5. The third-order valence-corrected chi connectivity index (χ3v) is 8.41. The van der Waals surface area contributed by atoms with E-state index in [1.165, 1.54) is 16.9 Å². The molecule has 9 heteroatoms. The third-order valence-electron chi connectivity index (χ3n) is 7.44. The van der Waals surface area contributed by atoms with Crippen LogP contribution in [0.3, 0.4) is 0 Å². The van der Waals surface area contributed by atoms with E-state index in [-0.39, 0.29) is 11.8 Å². The van der Waals surface area contributed by atoms with Crippen LogP contribution < -0.4 is 15.5 Å². The zero-order chi connectivity index (χ0) is 31.1. The molecule has 2 heterocycles. The highest BCUT2D eigenvalue weighted by Gasteiger charge is 2.25. The zero-order valence-electron chi connectivity index (χ0n) is 25.7. The number of hydrogen-bond donors (Lipinski definition) is 3. The van der Waals surface area contributed by atoms with Crippen LogP contribution in [-0.4, -0.2) is 52.6 Å². The maximum atomic E-state index is 13.5. The summed E-state index contributed by atoms with van der Waals surface area (Å²) in [5.74, 6) is -0.319. The highest BCUT2D eigenvalue weighted by atomic mass is 32.1. The van der Waals surface area contributed by atoms with Crippen LogP contribution >= 0.6 is 11.3 Å². The summed E-state index contributed by atoms with van der Waals surface area (Å²) in [5.41, 5.74) is 6.65. The van der Waals surface area contributed by atoms with E-state index in [0.29, 0.717) is 36.6 Å². The molecule has 0 spiro atoms. The van der Waals surface area contributed by atoms with E-state index >= 15 is 0 Å². The Kier molecular flexibility index (Phi) is 10.7. The lowest BCUT2D eigenvalue weighted by Gasteiger charge is -2.30. The van der Waals surface area contributed by atoms with Crippen molar-refractivity contribution >= 4 is 28.8 Å². The Bertz CT molecular complexity index is 1550. The van der Waals surface area contributed by atoms with Crippen LogP contribution in [0.15, 0.2) is 66.0 Å². The molecule has 2 atom stereocenters. The van der Waals surface area contributed by atoms with Crippen molar-refractivity contribution in [2.24, 2.45) is 0 Å². The van der Waals surface area contributed by atoms with Gasteiger partial charge in [-0.25, -0.2) is 4.98 Å². The number of nitrogens with one attached hydrogen (secondary N) is 2. The molecule has 2 aromatic heterocycles. The quantitative estimate of drug-likeness (QED) is 0.203. The third kappa shape index (κ3) is 8.49. The predicted molar refractivity (Wildman–Crippen MR) is 173 cm³/mol. The van der Waals surface area contributed by atoms with E-state index in [0.717, 1.165) is 33.3 Å². The lowest BCUT2D eigenvalue weighted by atomic mass is 9.98. The summed E-state index contributed by atoms with van der Waals surface area (Å²) >= 11 is 1.49. The number of carbonyl (C=O) groups excluding carboxylic acids is 2. The van der Waals surface area contributed by atoms with Gasteiger partial charge < -0.3 is 20.6 Å². The molecule has 43 heavy (non-hydrogen) atoms. The Morgan fingerprint density at radius 2 is 1.63 bits per heavy atom. The molecule has 2 aromatic carbocycles. The van der Waals surface area contributed by atoms with Gasteiger partial charge in [-0.05, 0) is 68.5 Å². The van der Waals surface area contributed by atoms with Crippen molar-refractivity contribution in [2.75, 3.05) is 18.5 Å². The first-order valence-corrected chi connectivity index (χ1v) is 15.4. The van der Waals surface area contributed by atoms with Crippen LogP contribution in [0.1, 0.15) is 73.7 Å². The fourth-order valence-electron chi connectivity index (χ4n) is 5.15. The van der Waals surface area contributed by atoms with E-state index in [4.69, 9.17) is 4.98 Å². The van der Waals surface area contributed by atoms with Gasteiger partial charge in [0.25, 0.3) is 11.8 Å². The molecule has 4 aromatic rings. The van der Waals surface area contributed by atoms with Crippen LogP contribution in [0.4, 0.5) is 5.69 Å². The monoisotopic (exact) mass is 599 g/mol. The molecule has 8 nitrogen and oxygen atoms in total. The predicted octanol–water partition coefficient (Wildman–Crippen LogP) is 5.36. The summed E-state index contributed by atoms with van der Waals surface area (Å²) in [6.07, 6.45) is -0.442. The number of thiazole rings is 1. The van der Waals surface area contributed by atoms with Crippen LogP contribution in [0.5, 0.6) is 0 Å². The minimum absolute atomic E-state index is 0.284. The van der Waals surface area contributed by atoms with Crippen molar-refractivity contribution in [1.29, 1.82) is 0 Å². The topological polar surface area (TPSA) is 107 Å². The molecular weight excluding hydrogens is 558 g/mol. The number of carbonyl (C=O) groups is 2. The number of anilines is 1. The molecule has 0 aliphatic rings. The Balaban J connectivity index is 1.50. The molecule has 3 N–H and O–H groups in total. The molecule has 0 fully saturated rings. The van der Waals surface area contributed by atoms with Crippen molar-refractivity contribution < 1.29 is 14.7 Å². The van der Waals surface area contributed by atoms with Crippen LogP contribution in [0.25, 0.3) is 0 Å². The van der Waals surface area contributed by atoms with Gasteiger partial charge in [0.15, 0.2) is 0 Å². The Morgan fingerprint density at radius 1 is 0.930 bits per heavy atom. The smallest absolute Gasteiger partial charge is 0.251 e. The molecular formula is C34H41N5O3S. The van der Waals surface area contributed by atoms with Gasteiger partial charge in [-0.15, -0.1) is 11.3 Å². The molecule has 226 valence electrons. The maximum Gasteiger partial charge on any atom is 0.251 e. The molecule has 0 bridgehead atoms. The fourth-order valence-corrected chi connectivity index (χ4v) is 5.86. The SMILES string of the molecule is Cc1csc(CNC(=O)c2cccc(C(=O)N[C@@H](Cc3ccccc3)[C@H](O)CN(C)c3cc(C(C)C)c(C)nc3C)c2)n1. The molecule has 0 saturated carbocycles. The molecule has 0 unspecified atom stereocenters.